The van der Waals surface area contributed by atoms with Crippen molar-refractivity contribution in [2.24, 2.45) is 0 Å². The number of aryl methyl sites for hydroxylation is 2. The first-order valence-electron chi connectivity index (χ1n) is 8.59. The SMILES string of the molecule is COc1cc(C)c(S(=O)(=O)NCCn2nc(-c3ccco3)ccc2=O)cc1C. The molecule has 2 aromatic heterocycles. The Morgan fingerprint density at radius 1 is 1.18 bits per heavy atom. The Bertz CT molecular complexity index is 1130. The van der Waals surface area contributed by atoms with Crippen LogP contribution in [-0.4, -0.2) is 31.9 Å². The molecule has 0 bridgehead atoms. The molecule has 0 fully saturated rings. The van der Waals surface area contributed by atoms with Gasteiger partial charge in [0, 0.05) is 12.6 Å². The lowest BCUT2D eigenvalue weighted by molar-refractivity contribution is 0.411. The molecular weight excluding hydrogens is 382 g/mol. The third kappa shape index (κ3) is 4.15. The number of furan rings is 1. The summed E-state index contributed by atoms with van der Waals surface area (Å²) in [4.78, 5) is 12.2. The number of nitrogens with one attached hydrogen (secondary N) is 1. The number of benzene rings is 1. The topological polar surface area (TPSA) is 103 Å². The van der Waals surface area contributed by atoms with Gasteiger partial charge in [-0.1, -0.05) is 0 Å². The van der Waals surface area contributed by atoms with Crippen LogP contribution in [-0.2, 0) is 16.6 Å². The van der Waals surface area contributed by atoms with Gasteiger partial charge in [0.1, 0.15) is 11.4 Å². The average molecular weight is 403 g/mol. The van der Waals surface area contributed by atoms with Crippen LogP contribution in [0.25, 0.3) is 11.5 Å². The molecular formula is C19H21N3O5S. The summed E-state index contributed by atoms with van der Waals surface area (Å²) < 4.78 is 39.5. The highest BCUT2D eigenvalue weighted by Gasteiger charge is 2.18. The highest BCUT2D eigenvalue weighted by Crippen LogP contribution is 2.25. The summed E-state index contributed by atoms with van der Waals surface area (Å²) in [6, 6.07) is 9.64. The zero-order valence-corrected chi connectivity index (χ0v) is 16.6. The summed E-state index contributed by atoms with van der Waals surface area (Å²) in [5.41, 5.74) is 1.46. The molecule has 3 rings (SSSR count). The van der Waals surface area contributed by atoms with Crippen LogP contribution in [0, 0.1) is 13.8 Å². The van der Waals surface area contributed by atoms with Crippen LogP contribution in [0.3, 0.4) is 0 Å². The van der Waals surface area contributed by atoms with Crippen LogP contribution < -0.4 is 15.0 Å². The van der Waals surface area contributed by atoms with Gasteiger partial charge in [-0.2, -0.15) is 5.10 Å². The van der Waals surface area contributed by atoms with Crippen LogP contribution in [0.15, 0.2) is 56.8 Å². The van der Waals surface area contributed by atoms with Crippen LogP contribution in [0.4, 0.5) is 0 Å². The molecule has 1 N–H and O–H groups in total. The largest absolute Gasteiger partial charge is 0.496 e. The smallest absolute Gasteiger partial charge is 0.266 e. The van der Waals surface area contributed by atoms with Gasteiger partial charge in [-0.25, -0.2) is 17.8 Å². The van der Waals surface area contributed by atoms with E-state index in [0.29, 0.717) is 22.8 Å². The van der Waals surface area contributed by atoms with E-state index in [1.165, 1.54) is 24.1 Å². The second-order valence-electron chi connectivity index (χ2n) is 6.24. The molecule has 0 unspecified atom stereocenters. The molecule has 0 radical (unpaired) electrons. The molecule has 0 saturated heterocycles. The van der Waals surface area contributed by atoms with Gasteiger partial charge in [-0.3, -0.25) is 4.79 Å². The second-order valence-corrected chi connectivity index (χ2v) is 7.98. The lowest BCUT2D eigenvalue weighted by atomic mass is 10.1. The molecule has 3 aromatic rings. The lowest BCUT2D eigenvalue weighted by Gasteiger charge is -2.13. The zero-order valence-electron chi connectivity index (χ0n) is 15.8. The summed E-state index contributed by atoms with van der Waals surface area (Å²) in [5.74, 6) is 1.15. The van der Waals surface area contributed by atoms with E-state index in [-0.39, 0.29) is 23.5 Å². The van der Waals surface area contributed by atoms with Gasteiger partial charge >= 0.3 is 0 Å². The molecule has 28 heavy (non-hydrogen) atoms. The van der Waals surface area contributed by atoms with Crippen molar-refractivity contribution in [2.75, 3.05) is 13.7 Å². The Labute approximate surface area is 162 Å². The van der Waals surface area contributed by atoms with Crippen LogP contribution >= 0.6 is 0 Å². The number of rotatable bonds is 7. The van der Waals surface area contributed by atoms with Crippen molar-refractivity contribution < 1.29 is 17.6 Å². The van der Waals surface area contributed by atoms with Gasteiger partial charge in [-0.15, -0.1) is 0 Å². The molecule has 148 valence electrons. The monoisotopic (exact) mass is 403 g/mol. The average Bonchev–Trinajstić information content (AvgIpc) is 3.19. The van der Waals surface area contributed by atoms with Gasteiger partial charge in [0.2, 0.25) is 10.0 Å². The van der Waals surface area contributed by atoms with E-state index >= 15 is 0 Å². The van der Waals surface area contributed by atoms with Crippen molar-refractivity contribution in [3.63, 3.8) is 0 Å². The fourth-order valence-electron chi connectivity index (χ4n) is 2.80. The highest BCUT2D eigenvalue weighted by molar-refractivity contribution is 7.89. The number of sulfonamides is 1. The van der Waals surface area contributed by atoms with Gasteiger partial charge in [0.15, 0.2) is 5.76 Å². The number of ether oxygens (including phenoxy) is 1. The van der Waals surface area contributed by atoms with Crippen molar-refractivity contribution in [1.82, 2.24) is 14.5 Å². The lowest BCUT2D eigenvalue weighted by Crippen LogP contribution is -2.32. The first kappa shape index (κ1) is 19.8. The predicted octanol–water partition coefficient (Wildman–Crippen LogP) is 2.11. The number of hydrogen-bond donors (Lipinski definition) is 1. The van der Waals surface area contributed by atoms with Crippen molar-refractivity contribution in [3.8, 4) is 17.2 Å². The molecule has 0 aliphatic rings. The fraction of sp³-hybridized carbons (Fsp3) is 0.263. The number of methoxy groups -OCH3 is 1. The minimum atomic E-state index is -3.74. The maximum absolute atomic E-state index is 12.7. The first-order valence-corrected chi connectivity index (χ1v) is 10.1. The normalized spacial score (nSPS) is 11.5. The summed E-state index contributed by atoms with van der Waals surface area (Å²) in [7, 11) is -2.20. The third-order valence-electron chi connectivity index (χ3n) is 4.24. The molecule has 8 nitrogen and oxygen atoms in total. The maximum Gasteiger partial charge on any atom is 0.266 e. The van der Waals surface area contributed by atoms with Crippen LogP contribution in [0.2, 0.25) is 0 Å². The number of aromatic nitrogens is 2. The Morgan fingerprint density at radius 3 is 2.64 bits per heavy atom. The third-order valence-corrected chi connectivity index (χ3v) is 5.84. The van der Waals surface area contributed by atoms with E-state index in [4.69, 9.17) is 9.15 Å². The van der Waals surface area contributed by atoms with Crippen molar-refractivity contribution in [1.29, 1.82) is 0 Å². The maximum atomic E-state index is 12.7. The van der Waals surface area contributed by atoms with Gasteiger partial charge in [0.25, 0.3) is 5.56 Å². The molecule has 0 saturated carbocycles. The molecule has 0 atom stereocenters. The Morgan fingerprint density at radius 2 is 1.96 bits per heavy atom. The number of nitrogens with zero attached hydrogens (tertiary/aromatic N) is 2. The second kappa shape index (κ2) is 7.99. The Hall–Kier alpha value is -2.91. The minimum Gasteiger partial charge on any atom is -0.496 e. The minimum absolute atomic E-state index is 0.0152. The molecule has 2 heterocycles. The van der Waals surface area contributed by atoms with Gasteiger partial charge in [0.05, 0.1) is 24.8 Å². The van der Waals surface area contributed by atoms with Gasteiger partial charge in [-0.05, 0) is 55.3 Å². The van der Waals surface area contributed by atoms with Crippen molar-refractivity contribution >= 4 is 10.0 Å². The molecule has 9 heteroatoms. The molecule has 1 aromatic carbocycles. The summed E-state index contributed by atoms with van der Waals surface area (Å²) in [6.07, 6.45) is 1.51. The van der Waals surface area contributed by atoms with Crippen LogP contribution in [0.1, 0.15) is 11.1 Å². The zero-order chi connectivity index (χ0) is 20.3. The highest BCUT2D eigenvalue weighted by atomic mass is 32.2. The van der Waals surface area contributed by atoms with E-state index < -0.39 is 10.0 Å². The summed E-state index contributed by atoms with van der Waals surface area (Å²) >= 11 is 0. The van der Waals surface area contributed by atoms with E-state index in [0.717, 1.165) is 5.56 Å². The molecule has 0 aliphatic heterocycles. The van der Waals surface area contributed by atoms with E-state index in [1.54, 1.807) is 44.2 Å². The predicted molar refractivity (Wildman–Crippen MR) is 104 cm³/mol. The summed E-state index contributed by atoms with van der Waals surface area (Å²) in [5, 5.41) is 4.22. The fourth-order valence-corrected chi connectivity index (χ4v) is 4.13. The first-order chi connectivity index (χ1) is 13.3. The molecule has 0 spiro atoms. The van der Waals surface area contributed by atoms with E-state index in [2.05, 4.69) is 9.82 Å². The Balaban J connectivity index is 1.75. The standard InChI is InChI=1S/C19H21N3O5S/c1-13-12-18(14(2)11-17(13)26-3)28(24,25)20-8-9-22-19(23)7-6-15(21-22)16-5-4-10-27-16/h4-7,10-12,20H,8-9H2,1-3H3. The molecule has 0 amide bonds. The Kier molecular flexibility index (Phi) is 5.66. The van der Waals surface area contributed by atoms with Gasteiger partial charge < -0.3 is 9.15 Å². The molecule has 0 aliphatic carbocycles. The van der Waals surface area contributed by atoms with Crippen molar-refractivity contribution in [2.45, 2.75) is 25.3 Å². The van der Waals surface area contributed by atoms with Crippen molar-refractivity contribution in [3.05, 3.63) is 64.1 Å². The number of hydrogen-bond acceptors (Lipinski definition) is 6. The quantitative estimate of drug-likeness (QED) is 0.648. The van der Waals surface area contributed by atoms with E-state index in [9.17, 15) is 13.2 Å². The summed E-state index contributed by atoms with van der Waals surface area (Å²) in [6.45, 7) is 3.58. The van der Waals surface area contributed by atoms with Crippen LogP contribution in [0.5, 0.6) is 5.75 Å². The van der Waals surface area contributed by atoms with E-state index in [1.807, 2.05) is 0 Å².